The largest absolute Gasteiger partial charge is 0.398 e. The van der Waals surface area contributed by atoms with Crippen LogP contribution in [0.3, 0.4) is 0 Å². The van der Waals surface area contributed by atoms with E-state index in [4.69, 9.17) is 5.73 Å². The van der Waals surface area contributed by atoms with Crippen molar-refractivity contribution in [3.05, 3.63) is 115 Å². The highest BCUT2D eigenvalue weighted by Crippen LogP contribution is 2.31. The van der Waals surface area contributed by atoms with Crippen molar-refractivity contribution in [3.63, 3.8) is 0 Å². The molecule has 0 saturated heterocycles. The maximum atomic E-state index is 14.1. The van der Waals surface area contributed by atoms with Crippen LogP contribution in [0.2, 0.25) is 0 Å². The van der Waals surface area contributed by atoms with E-state index in [2.05, 4.69) is 39.4 Å². The van der Waals surface area contributed by atoms with Gasteiger partial charge in [-0.3, -0.25) is 9.97 Å². The second-order valence-electron chi connectivity index (χ2n) is 8.62. The van der Waals surface area contributed by atoms with Crippen LogP contribution in [0.5, 0.6) is 0 Å². The Hall–Kier alpha value is -4.29. The van der Waals surface area contributed by atoms with E-state index in [1.807, 2.05) is 50.8 Å². The summed E-state index contributed by atoms with van der Waals surface area (Å²) >= 11 is 0. The number of nitrogen functional groups attached to an aromatic ring is 1. The molecule has 5 nitrogen and oxygen atoms in total. The van der Waals surface area contributed by atoms with Crippen molar-refractivity contribution >= 4 is 16.9 Å². The van der Waals surface area contributed by atoms with E-state index in [9.17, 15) is 4.39 Å². The average Bonchev–Trinajstić information content (AvgIpc) is 2.84. The third-order valence-corrected chi connectivity index (χ3v) is 5.58. The first kappa shape index (κ1) is 23.9. The molecule has 0 fully saturated rings. The zero-order valence-electron chi connectivity index (χ0n) is 19.9. The van der Waals surface area contributed by atoms with E-state index >= 15 is 0 Å². The van der Waals surface area contributed by atoms with Crippen molar-refractivity contribution < 1.29 is 4.39 Å². The molecule has 0 aliphatic carbocycles. The van der Waals surface area contributed by atoms with Crippen molar-refractivity contribution in [1.29, 1.82) is 0 Å². The predicted octanol–water partition coefficient (Wildman–Crippen LogP) is 6.23. The van der Waals surface area contributed by atoms with Crippen LogP contribution in [0.1, 0.15) is 11.1 Å². The molecule has 3 N–H and O–H groups in total. The van der Waals surface area contributed by atoms with Gasteiger partial charge in [0.1, 0.15) is 5.82 Å². The Morgan fingerprint density at radius 1 is 0.971 bits per heavy atom. The van der Waals surface area contributed by atoms with Crippen LogP contribution in [0.25, 0.3) is 28.0 Å². The number of pyridine rings is 2. The van der Waals surface area contributed by atoms with E-state index < -0.39 is 0 Å². The zero-order chi connectivity index (χ0) is 24.9. The third-order valence-electron chi connectivity index (χ3n) is 5.58. The quantitative estimate of drug-likeness (QED) is 0.238. The Kier molecular flexibility index (Phi) is 7.03. The number of benzene rings is 2. The first-order valence-electron chi connectivity index (χ1n) is 11.2. The lowest BCUT2D eigenvalue weighted by atomic mass is 9.97. The van der Waals surface area contributed by atoms with Gasteiger partial charge in [-0.25, -0.2) is 4.39 Å². The summed E-state index contributed by atoms with van der Waals surface area (Å²) in [7, 11) is 4.05. The molecule has 0 aliphatic rings. The van der Waals surface area contributed by atoms with E-state index in [-0.39, 0.29) is 5.82 Å². The normalized spacial score (nSPS) is 10.9. The molecule has 2 heterocycles. The Balaban J connectivity index is 1.52. The van der Waals surface area contributed by atoms with Crippen molar-refractivity contribution in [1.82, 2.24) is 14.9 Å². The van der Waals surface area contributed by atoms with Crippen LogP contribution >= 0.6 is 0 Å². The Morgan fingerprint density at radius 2 is 1.77 bits per heavy atom. The van der Waals surface area contributed by atoms with E-state index in [1.165, 1.54) is 6.07 Å². The van der Waals surface area contributed by atoms with Crippen LogP contribution in [0.15, 0.2) is 98.1 Å². The van der Waals surface area contributed by atoms with Gasteiger partial charge in [0.2, 0.25) is 0 Å². The van der Waals surface area contributed by atoms with Gasteiger partial charge in [0.25, 0.3) is 0 Å². The maximum Gasteiger partial charge on any atom is 0.132 e. The van der Waals surface area contributed by atoms with Crippen LogP contribution in [0, 0.1) is 5.82 Å². The summed E-state index contributed by atoms with van der Waals surface area (Å²) in [4.78, 5) is 10.9. The van der Waals surface area contributed by atoms with Crippen LogP contribution < -0.4 is 11.1 Å². The van der Waals surface area contributed by atoms with E-state index in [0.717, 1.165) is 28.8 Å². The smallest absolute Gasteiger partial charge is 0.132 e. The van der Waals surface area contributed by atoms with Gasteiger partial charge in [-0.05, 0) is 73.3 Å². The van der Waals surface area contributed by atoms with Gasteiger partial charge in [0, 0.05) is 47.0 Å². The summed E-state index contributed by atoms with van der Waals surface area (Å²) in [6, 6.07) is 18.1. The topological polar surface area (TPSA) is 67.1 Å². The van der Waals surface area contributed by atoms with E-state index in [0.29, 0.717) is 33.9 Å². The number of halogens is 1. The average molecular weight is 466 g/mol. The number of nitrogens with two attached hydrogens (primary N) is 1. The molecule has 6 heteroatoms. The summed E-state index contributed by atoms with van der Waals surface area (Å²) in [6.45, 7) is 9.16. The highest BCUT2D eigenvalue weighted by atomic mass is 19.1. The van der Waals surface area contributed by atoms with E-state index in [1.54, 1.807) is 30.5 Å². The van der Waals surface area contributed by atoms with Crippen LogP contribution in [-0.4, -0.2) is 29.0 Å². The summed E-state index contributed by atoms with van der Waals surface area (Å²) in [5.41, 5.74) is 13.8. The number of anilines is 2. The number of hydrogen-bond donors (Lipinski definition) is 2. The fourth-order valence-corrected chi connectivity index (χ4v) is 3.80. The number of rotatable bonds is 8. The monoisotopic (exact) mass is 465 g/mol. The van der Waals surface area contributed by atoms with Gasteiger partial charge in [-0.15, -0.1) is 0 Å². The molecular weight excluding hydrogens is 437 g/mol. The number of aromatic nitrogens is 2. The molecule has 4 rings (SSSR count). The molecule has 35 heavy (non-hydrogen) atoms. The highest BCUT2D eigenvalue weighted by Gasteiger charge is 2.12. The van der Waals surface area contributed by atoms with Crippen LogP contribution in [-0.2, 0) is 6.54 Å². The predicted molar refractivity (Wildman–Crippen MR) is 143 cm³/mol. The second-order valence-corrected chi connectivity index (χ2v) is 8.62. The van der Waals surface area contributed by atoms with Gasteiger partial charge in [0.05, 0.1) is 17.6 Å². The molecule has 0 aliphatic heterocycles. The number of nitrogens with zero attached hydrogens (tertiary/aromatic N) is 3. The maximum absolute atomic E-state index is 14.1. The summed E-state index contributed by atoms with van der Waals surface area (Å²) in [5, 5.41) is 3.23. The number of nitrogens with one attached hydrogen (secondary N) is 1. The second kappa shape index (κ2) is 10.3. The zero-order valence-corrected chi connectivity index (χ0v) is 19.9. The minimum absolute atomic E-state index is 0.309. The van der Waals surface area contributed by atoms with Crippen molar-refractivity contribution in [2.24, 2.45) is 0 Å². The number of hydrogen-bond acceptors (Lipinski definition) is 5. The molecule has 0 amide bonds. The van der Waals surface area contributed by atoms with Gasteiger partial charge in [-0.1, -0.05) is 31.4 Å². The summed E-state index contributed by atoms with van der Waals surface area (Å²) in [6.07, 6.45) is 5.35. The van der Waals surface area contributed by atoms with Crippen molar-refractivity contribution in [3.8, 4) is 22.4 Å². The molecule has 0 spiro atoms. The molecule has 0 atom stereocenters. The molecule has 0 unspecified atom stereocenters. The molecule has 0 bridgehead atoms. The molecule has 176 valence electrons. The van der Waals surface area contributed by atoms with Crippen molar-refractivity contribution in [2.75, 3.05) is 25.1 Å². The highest BCUT2D eigenvalue weighted by molar-refractivity contribution is 5.88. The molecular formula is C29H28FN5. The van der Waals surface area contributed by atoms with Gasteiger partial charge < -0.3 is 16.0 Å². The molecule has 2 aromatic carbocycles. The lowest BCUT2D eigenvalue weighted by molar-refractivity contribution is 0.402. The minimum Gasteiger partial charge on any atom is -0.398 e. The standard InChI is InChI=1S/C29H28FN5/c1-19(20(2)34-24-10-12-29(33-17-24)25-7-5-6-8-27(25)30)26-14-22(9-11-28(26)31)23-13-21(15-32-16-23)18-35(3)4/h5-17,34H,1-2,18,31H2,3-4H3. The van der Waals surface area contributed by atoms with Gasteiger partial charge in [-0.2, -0.15) is 0 Å². The van der Waals surface area contributed by atoms with Crippen molar-refractivity contribution in [2.45, 2.75) is 6.54 Å². The fraction of sp³-hybridized carbons (Fsp3) is 0.103. The van der Waals surface area contributed by atoms with Crippen LogP contribution in [0.4, 0.5) is 15.8 Å². The number of allylic oxidation sites excluding steroid dienone is 1. The lowest BCUT2D eigenvalue weighted by Gasteiger charge is -2.16. The summed E-state index contributed by atoms with van der Waals surface area (Å²) in [5.74, 6) is -0.309. The molecule has 0 radical (unpaired) electrons. The van der Waals surface area contributed by atoms with Gasteiger partial charge in [0.15, 0.2) is 0 Å². The molecule has 0 saturated carbocycles. The third kappa shape index (κ3) is 5.62. The Bertz CT molecular complexity index is 1380. The Morgan fingerprint density at radius 3 is 2.49 bits per heavy atom. The minimum atomic E-state index is -0.309. The Labute approximate surface area is 205 Å². The summed E-state index contributed by atoms with van der Waals surface area (Å²) < 4.78 is 14.1. The van der Waals surface area contributed by atoms with Gasteiger partial charge >= 0.3 is 0 Å². The first-order chi connectivity index (χ1) is 16.8. The first-order valence-corrected chi connectivity index (χ1v) is 11.2. The SMILES string of the molecule is C=C(Nc1ccc(-c2ccccc2F)nc1)C(=C)c1cc(-c2cncc(CN(C)C)c2)ccc1N. The lowest BCUT2D eigenvalue weighted by Crippen LogP contribution is -2.10. The molecule has 4 aromatic rings. The fourth-order valence-electron chi connectivity index (χ4n) is 3.80. The molecule has 2 aromatic heterocycles.